The molecule has 8 nitrogen and oxygen atoms in total. The monoisotopic (exact) mass is 369 g/mol. The van der Waals surface area contributed by atoms with Gasteiger partial charge in [0.2, 0.25) is 21.8 Å². The number of carbonyl (C=O) groups is 2. The molecule has 0 aromatic heterocycles. The van der Waals surface area contributed by atoms with Crippen LogP contribution in [0.2, 0.25) is 0 Å². The third-order valence-corrected chi connectivity index (χ3v) is 5.63. The number of ether oxygens (including phenoxy) is 1. The lowest BCUT2D eigenvalue weighted by Gasteiger charge is -2.18. The molecule has 1 aliphatic heterocycles. The Hall–Kier alpha value is -2.13. The highest BCUT2D eigenvalue weighted by Crippen LogP contribution is 2.29. The van der Waals surface area contributed by atoms with E-state index < -0.39 is 10.0 Å². The second kappa shape index (κ2) is 7.83. The maximum atomic E-state index is 12.5. The van der Waals surface area contributed by atoms with Gasteiger partial charge in [-0.25, -0.2) is 12.7 Å². The molecule has 2 amide bonds. The molecular weight excluding hydrogens is 346 g/mol. The van der Waals surface area contributed by atoms with Crippen LogP contribution in [0, 0.1) is 0 Å². The van der Waals surface area contributed by atoms with Crippen LogP contribution in [0.5, 0.6) is 5.75 Å². The number of hydrogen-bond donors (Lipinski definition) is 1. The number of nitrogens with zero attached hydrogens (tertiary/aromatic N) is 2. The molecule has 0 saturated carbocycles. The summed E-state index contributed by atoms with van der Waals surface area (Å²) in [6, 6.07) is 4.45. The molecule has 0 spiro atoms. The average Bonchev–Trinajstić information content (AvgIpc) is 2.93. The number of nitrogens with one attached hydrogen (secondary N) is 1. The summed E-state index contributed by atoms with van der Waals surface area (Å²) in [6.07, 6.45) is 1.21. The molecule has 138 valence electrons. The lowest BCUT2D eigenvalue weighted by Crippen LogP contribution is -2.34. The number of likely N-dealkylation sites (tertiary alicyclic amines) is 1. The summed E-state index contributed by atoms with van der Waals surface area (Å²) in [4.78, 5) is 25.2. The Morgan fingerprint density at radius 3 is 2.64 bits per heavy atom. The summed E-state index contributed by atoms with van der Waals surface area (Å²) in [5, 5.41) is 2.64. The molecular formula is C16H23N3O5S. The van der Waals surface area contributed by atoms with Crippen molar-refractivity contribution >= 4 is 27.5 Å². The molecule has 25 heavy (non-hydrogen) atoms. The summed E-state index contributed by atoms with van der Waals surface area (Å²) in [7, 11) is -0.875. The Morgan fingerprint density at radius 1 is 1.36 bits per heavy atom. The van der Waals surface area contributed by atoms with E-state index in [9.17, 15) is 18.0 Å². The van der Waals surface area contributed by atoms with Crippen LogP contribution in [0.15, 0.2) is 23.1 Å². The van der Waals surface area contributed by atoms with Gasteiger partial charge < -0.3 is 15.0 Å². The van der Waals surface area contributed by atoms with Crippen molar-refractivity contribution < 1.29 is 22.7 Å². The van der Waals surface area contributed by atoms with Gasteiger partial charge in [0, 0.05) is 32.7 Å². The predicted octanol–water partition coefficient (Wildman–Crippen LogP) is 0.897. The summed E-state index contributed by atoms with van der Waals surface area (Å²) >= 11 is 0. The molecule has 1 heterocycles. The zero-order chi connectivity index (χ0) is 18.6. The van der Waals surface area contributed by atoms with Gasteiger partial charge in [-0.05, 0) is 31.5 Å². The maximum Gasteiger partial charge on any atom is 0.246 e. The number of benzene rings is 1. The second-order valence-corrected chi connectivity index (χ2v) is 7.97. The molecule has 1 aliphatic rings. The molecule has 0 aliphatic carbocycles. The van der Waals surface area contributed by atoms with E-state index in [4.69, 9.17) is 4.74 Å². The highest BCUT2D eigenvalue weighted by Gasteiger charge is 2.25. The first kappa shape index (κ1) is 19.2. The number of rotatable bonds is 7. The van der Waals surface area contributed by atoms with Gasteiger partial charge in [-0.15, -0.1) is 0 Å². The van der Waals surface area contributed by atoms with Crippen LogP contribution >= 0.6 is 0 Å². The first-order valence-electron chi connectivity index (χ1n) is 8.02. The summed E-state index contributed by atoms with van der Waals surface area (Å²) in [6.45, 7) is 2.60. The minimum absolute atomic E-state index is 0.0191. The topological polar surface area (TPSA) is 96.0 Å². The van der Waals surface area contributed by atoms with Gasteiger partial charge in [-0.2, -0.15) is 0 Å². The van der Waals surface area contributed by atoms with Crippen LogP contribution in [0.1, 0.15) is 19.8 Å². The second-order valence-electron chi connectivity index (χ2n) is 5.85. The molecule has 9 heteroatoms. The van der Waals surface area contributed by atoms with E-state index in [1.807, 2.05) is 0 Å². The highest BCUT2D eigenvalue weighted by atomic mass is 32.2. The van der Waals surface area contributed by atoms with Crippen LogP contribution in [-0.2, 0) is 19.6 Å². The van der Waals surface area contributed by atoms with Crippen molar-refractivity contribution in [2.24, 2.45) is 0 Å². The maximum absolute atomic E-state index is 12.5. The molecule has 1 fully saturated rings. The molecule has 1 saturated heterocycles. The number of hydrogen-bond acceptors (Lipinski definition) is 5. The largest absolute Gasteiger partial charge is 0.492 e. The van der Waals surface area contributed by atoms with E-state index in [2.05, 4.69) is 5.32 Å². The standard InChI is InChI=1S/C16H23N3O5S/c1-4-24-13-8-7-12(10-14(13)25(22,23)18(2)3)17-15(20)11-19-9-5-6-16(19)21/h7-8,10H,4-6,9,11H2,1-3H3,(H,17,20). The van der Waals surface area contributed by atoms with E-state index in [1.165, 1.54) is 31.1 Å². The normalized spacial score (nSPS) is 14.9. The number of amides is 2. The van der Waals surface area contributed by atoms with Gasteiger partial charge in [0.1, 0.15) is 10.6 Å². The SMILES string of the molecule is CCOc1ccc(NC(=O)CN2CCCC2=O)cc1S(=O)(=O)N(C)C. The zero-order valence-electron chi connectivity index (χ0n) is 14.6. The first-order valence-corrected chi connectivity index (χ1v) is 9.46. The van der Waals surface area contributed by atoms with Gasteiger partial charge in [0.25, 0.3) is 0 Å². The Bertz CT molecular complexity index is 761. The number of carbonyl (C=O) groups excluding carboxylic acids is 2. The summed E-state index contributed by atoms with van der Waals surface area (Å²) < 4.78 is 31.4. The fraction of sp³-hybridized carbons (Fsp3) is 0.500. The van der Waals surface area contributed by atoms with Crippen LogP contribution in [0.3, 0.4) is 0 Å². The number of anilines is 1. The summed E-state index contributed by atoms with van der Waals surface area (Å²) in [5.41, 5.74) is 0.334. The van der Waals surface area contributed by atoms with Crippen molar-refractivity contribution in [2.75, 3.05) is 39.1 Å². The van der Waals surface area contributed by atoms with Crippen molar-refractivity contribution in [1.29, 1.82) is 0 Å². The van der Waals surface area contributed by atoms with Crippen LogP contribution < -0.4 is 10.1 Å². The molecule has 1 aromatic carbocycles. The number of sulfonamides is 1. The fourth-order valence-corrected chi connectivity index (χ4v) is 3.55. The average molecular weight is 369 g/mol. The minimum atomic E-state index is -3.73. The summed E-state index contributed by atoms with van der Waals surface area (Å²) in [5.74, 6) is -0.186. The Morgan fingerprint density at radius 2 is 2.08 bits per heavy atom. The first-order chi connectivity index (χ1) is 11.8. The molecule has 1 N–H and O–H groups in total. The van der Waals surface area contributed by atoms with Crippen molar-refractivity contribution in [1.82, 2.24) is 9.21 Å². The predicted molar refractivity (Wildman–Crippen MR) is 92.9 cm³/mol. The van der Waals surface area contributed by atoms with Gasteiger partial charge in [0.15, 0.2) is 0 Å². The van der Waals surface area contributed by atoms with E-state index in [0.29, 0.717) is 25.3 Å². The van der Waals surface area contributed by atoms with Gasteiger partial charge in [0.05, 0.1) is 13.2 Å². The quantitative estimate of drug-likeness (QED) is 0.770. The molecule has 0 atom stereocenters. The van der Waals surface area contributed by atoms with E-state index in [-0.39, 0.29) is 29.0 Å². The van der Waals surface area contributed by atoms with Crippen molar-refractivity contribution in [3.63, 3.8) is 0 Å². The fourth-order valence-electron chi connectivity index (χ4n) is 2.50. The van der Waals surface area contributed by atoms with Gasteiger partial charge in [-0.3, -0.25) is 9.59 Å². The third kappa shape index (κ3) is 4.49. The van der Waals surface area contributed by atoms with E-state index in [1.54, 1.807) is 13.0 Å². The minimum Gasteiger partial charge on any atom is -0.492 e. The molecule has 0 bridgehead atoms. The zero-order valence-corrected chi connectivity index (χ0v) is 15.4. The lowest BCUT2D eigenvalue weighted by atomic mass is 10.3. The van der Waals surface area contributed by atoms with Gasteiger partial charge in [-0.1, -0.05) is 0 Å². The van der Waals surface area contributed by atoms with Crippen molar-refractivity contribution in [2.45, 2.75) is 24.7 Å². The van der Waals surface area contributed by atoms with E-state index >= 15 is 0 Å². The van der Waals surface area contributed by atoms with E-state index in [0.717, 1.165) is 10.7 Å². The molecule has 0 unspecified atom stereocenters. The smallest absolute Gasteiger partial charge is 0.246 e. The molecule has 1 aromatic rings. The Balaban J connectivity index is 2.21. The third-order valence-electron chi connectivity index (χ3n) is 3.79. The van der Waals surface area contributed by atoms with Crippen molar-refractivity contribution in [3.8, 4) is 5.75 Å². The highest BCUT2D eigenvalue weighted by molar-refractivity contribution is 7.89. The molecule has 0 radical (unpaired) electrons. The van der Waals surface area contributed by atoms with Crippen molar-refractivity contribution in [3.05, 3.63) is 18.2 Å². The van der Waals surface area contributed by atoms with Crippen LogP contribution in [0.25, 0.3) is 0 Å². The molecule has 2 rings (SSSR count). The Labute approximate surface area is 147 Å². The van der Waals surface area contributed by atoms with Gasteiger partial charge >= 0.3 is 0 Å². The lowest BCUT2D eigenvalue weighted by molar-refractivity contribution is -0.131. The van der Waals surface area contributed by atoms with Crippen LogP contribution in [-0.4, -0.2) is 63.2 Å². The Kier molecular flexibility index (Phi) is 6.02. The van der Waals surface area contributed by atoms with Crippen LogP contribution in [0.4, 0.5) is 5.69 Å².